The molecule has 16 heteroatoms. The van der Waals surface area contributed by atoms with Crippen molar-refractivity contribution in [3.8, 4) is 0 Å². The molecular formula is C63H82N12O4+2. The molecule has 416 valence electrons. The molecular weight excluding hydrogens is 989 g/mol. The van der Waals surface area contributed by atoms with E-state index in [9.17, 15) is 19.2 Å². The SMILES string of the molecule is CCCCC(C(=O)Nc1cc(C(=O)Nc2ccc(C(=O)NCCCCCNC(=O)CCCCC[n+]3c4cc(N(C)C)ccc4cc4ccc(N(C)C)cc43)n2C)n(C)c1)[n+]1c2cc(CNC)ccc2cc2ccc(CNC)cc21. The molecule has 79 heavy (non-hydrogen) atoms. The number of unbranched alkanes of at least 4 members (excludes halogenated alkanes) is 5. The Labute approximate surface area is 465 Å². The lowest BCUT2D eigenvalue weighted by Crippen LogP contribution is -2.47. The van der Waals surface area contributed by atoms with Crippen molar-refractivity contribution in [3.05, 3.63) is 132 Å². The number of aromatic nitrogens is 4. The molecule has 4 aromatic heterocycles. The summed E-state index contributed by atoms with van der Waals surface area (Å²) >= 11 is 0. The topological polar surface area (TPSA) is 165 Å². The third-order valence-electron chi connectivity index (χ3n) is 15.0. The van der Waals surface area contributed by atoms with Crippen molar-refractivity contribution in [2.75, 3.05) is 75.8 Å². The Morgan fingerprint density at radius 3 is 1.72 bits per heavy atom. The quantitative estimate of drug-likeness (QED) is 0.0169. The molecule has 0 fully saturated rings. The number of hydrogen-bond acceptors (Lipinski definition) is 8. The number of fused-ring (bicyclic) bond motifs is 4. The van der Waals surface area contributed by atoms with Gasteiger partial charge in [-0.15, -0.1) is 0 Å². The number of aryl methyl sites for hydroxylation is 2. The van der Waals surface area contributed by atoms with Crippen LogP contribution >= 0.6 is 0 Å². The predicted molar refractivity (Wildman–Crippen MR) is 321 cm³/mol. The fourth-order valence-corrected chi connectivity index (χ4v) is 10.6. The van der Waals surface area contributed by atoms with Crippen molar-refractivity contribution in [2.45, 2.75) is 96.8 Å². The van der Waals surface area contributed by atoms with E-state index < -0.39 is 6.04 Å². The molecule has 0 saturated heterocycles. The number of anilines is 4. The lowest BCUT2D eigenvalue weighted by Gasteiger charge is -2.17. The summed E-state index contributed by atoms with van der Waals surface area (Å²) in [6, 6.07) is 35.2. The Kier molecular flexibility index (Phi) is 19.4. The Morgan fingerprint density at radius 2 is 1.14 bits per heavy atom. The van der Waals surface area contributed by atoms with Crippen LogP contribution in [0.15, 0.2) is 109 Å². The van der Waals surface area contributed by atoms with E-state index in [1.54, 1.807) is 47.6 Å². The van der Waals surface area contributed by atoms with Crippen molar-refractivity contribution < 1.29 is 28.3 Å². The molecule has 0 aliphatic carbocycles. The number of rotatable bonds is 27. The van der Waals surface area contributed by atoms with E-state index in [1.165, 1.54) is 21.8 Å². The van der Waals surface area contributed by atoms with Crippen LogP contribution in [0.5, 0.6) is 0 Å². The van der Waals surface area contributed by atoms with Gasteiger partial charge < -0.3 is 50.8 Å². The fraction of sp³-hybridized carbons (Fsp3) is 0.397. The molecule has 0 radical (unpaired) electrons. The number of pyridine rings is 2. The summed E-state index contributed by atoms with van der Waals surface area (Å²) in [6.45, 7) is 5.47. The largest absolute Gasteiger partial charge is 0.377 e. The smallest absolute Gasteiger partial charge is 0.293 e. The van der Waals surface area contributed by atoms with Crippen LogP contribution in [-0.2, 0) is 43.3 Å². The monoisotopic (exact) mass is 1070 g/mol. The second-order valence-electron chi connectivity index (χ2n) is 21.4. The van der Waals surface area contributed by atoms with Crippen molar-refractivity contribution in [1.82, 2.24) is 30.4 Å². The van der Waals surface area contributed by atoms with Gasteiger partial charge in [0, 0.05) is 151 Å². The molecule has 8 aromatic rings. The van der Waals surface area contributed by atoms with Crippen molar-refractivity contribution >= 4 is 90.1 Å². The van der Waals surface area contributed by atoms with E-state index in [-0.39, 0.29) is 23.6 Å². The number of carbonyl (C=O) groups excluding carboxylic acids is 4. The number of nitrogens with zero attached hydrogens (tertiary/aromatic N) is 6. The van der Waals surface area contributed by atoms with Crippen molar-refractivity contribution in [3.63, 3.8) is 0 Å². The van der Waals surface area contributed by atoms with Crippen LogP contribution in [0.4, 0.5) is 22.9 Å². The van der Waals surface area contributed by atoms with Gasteiger partial charge in [0.05, 0.1) is 5.69 Å². The minimum absolute atomic E-state index is 0.0729. The maximum atomic E-state index is 14.6. The highest BCUT2D eigenvalue weighted by Crippen LogP contribution is 2.28. The molecule has 1 unspecified atom stereocenters. The van der Waals surface area contributed by atoms with E-state index in [0.717, 1.165) is 102 Å². The third kappa shape index (κ3) is 13.9. The Hall–Kier alpha value is -7.82. The first-order chi connectivity index (χ1) is 38.2. The summed E-state index contributed by atoms with van der Waals surface area (Å²) in [7, 11) is 15.7. The molecule has 8 rings (SSSR count). The summed E-state index contributed by atoms with van der Waals surface area (Å²) in [5.41, 5.74) is 10.2. The predicted octanol–water partition coefficient (Wildman–Crippen LogP) is 9.02. The minimum atomic E-state index is -0.532. The zero-order valence-corrected chi connectivity index (χ0v) is 47.9. The van der Waals surface area contributed by atoms with Gasteiger partial charge in [-0.3, -0.25) is 19.2 Å². The summed E-state index contributed by atoms with van der Waals surface area (Å²) in [6.07, 6.45) is 9.82. The molecule has 4 aromatic carbocycles. The molecule has 0 spiro atoms. The lowest BCUT2D eigenvalue weighted by molar-refractivity contribution is -0.659. The number of amides is 4. The maximum Gasteiger partial charge on any atom is 0.293 e. The van der Waals surface area contributed by atoms with E-state index in [4.69, 9.17) is 0 Å². The van der Waals surface area contributed by atoms with Gasteiger partial charge in [0.25, 0.3) is 17.7 Å². The highest BCUT2D eigenvalue weighted by atomic mass is 16.2. The average Bonchev–Trinajstić information content (AvgIpc) is 4.22. The third-order valence-corrected chi connectivity index (χ3v) is 15.0. The highest BCUT2D eigenvalue weighted by molar-refractivity contribution is 6.05. The molecule has 0 aliphatic heterocycles. The van der Waals surface area contributed by atoms with Crippen molar-refractivity contribution in [2.24, 2.45) is 14.1 Å². The van der Waals surface area contributed by atoms with Crippen LogP contribution in [0.1, 0.15) is 109 Å². The Bertz CT molecular complexity index is 3340. The van der Waals surface area contributed by atoms with Crippen LogP contribution in [0.25, 0.3) is 43.6 Å². The van der Waals surface area contributed by atoms with Gasteiger partial charge in [-0.2, -0.15) is 9.13 Å². The molecule has 0 saturated carbocycles. The number of benzene rings is 4. The van der Waals surface area contributed by atoms with Crippen LogP contribution in [-0.4, -0.2) is 88.1 Å². The Balaban J connectivity index is 0.790. The summed E-state index contributed by atoms with van der Waals surface area (Å²) in [5, 5.41) is 23.3. The molecule has 16 nitrogen and oxygen atoms in total. The number of nitrogens with one attached hydrogen (secondary N) is 6. The van der Waals surface area contributed by atoms with E-state index in [1.807, 2.05) is 14.1 Å². The molecule has 0 aliphatic rings. The molecule has 4 amide bonds. The van der Waals surface area contributed by atoms with Crippen LogP contribution < -0.4 is 50.8 Å². The van der Waals surface area contributed by atoms with E-state index in [0.29, 0.717) is 61.9 Å². The second-order valence-corrected chi connectivity index (χ2v) is 21.4. The number of carbonyl (C=O) groups is 4. The van der Waals surface area contributed by atoms with Gasteiger partial charge >= 0.3 is 0 Å². The standard InChI is InChI=1S/C63H80N12O4/c1-10-11-18-53(75-56-33-43(40-64-2)20-22-47(56)36-48-23-21-44(41-65-3)34-57(48)75)62(78)68-49-37-58(72(8)42-49)63(79)69-59-29-28-52(73(59)9)61(77)67-31-16-13-15-30-66-60(76)19-14-12-17-32-74-54-38-50(70(4)5)26-24-45(54)35-46-25-27-51(71(6)7)39-55(46)74/h20-29,33-39,42,53,64-65H,10-19,30-32,40-41H2,1-9H3,(H2-2,66,67,68,69,76,77,78,79)/p+2. The molecule has 4 heterocycles. The molecule has 0 bridgehead atoms. The summed E-state index contributed by atoms with van der Waals surface area (Å²) in [5.74, 6) is -0.248. The van der Waals surface area contributed by atoms with Crippen molar-refractivity contribution in [1.29, 1.82) is 0 Å². The molecule has 1 atom stereocenters. The zero-order valence-electron chi connectivity index (χ0n) is 47.9. The van der Waals surface area contributed by atoms with Crippen LogP contribution in [0.2, 0.25) is 0 Å². The first-order valence-corrected chi connectivity index (χ1v) is 28.1. The van der Waals surface area contributed by atoms with Gasteiger partial charge in [0.15, 0.2) is 0 Å². The summed E-state index contributed by atoms with van der Waals surface area (Å²) < 4.78 is 8.00. The van der Waals surface area contributed by atoms with E-state index in [2.05, 4.69) is 171 Å². The zero-order chi connectivity index (χ0) is 56.2. The van der Waals surface area contributed by atoms with Gasteiger partial charge in [0.2, 0.25) is 34.0 Å². The Morgan fingerprint density at radius 1 is 0.570 bits per heavy atom. The van der Waals surface area contributed by atoms with Crippen LogP contribution in [0, 0.1) is 0 Å². The van der Waals surface area contributed by atoms with Gasteiger partial charge in [0.1, 0.15) is 23.8 Å². The van der Waals surface area contributed by atoms with Gasteiger partial charge in [-0.1, -0.05) is 25.5 Å². The average molecular weight is 1070 g/mol. The van der Waals surface area contributed by atoms with Gasteiger partial charge in [-0.25, -0.2) is 0 Å². The van der Waals surface area contributed by atoms with Gasteiger partial charge in [-0.05, 0) is 130 Å². The maximum absolute atomic E-state index is 14.6. The fourth-order valence-electron chi connectivity index (χ4n) is 10.6. The molecule has 6 N–H and O–H groups in total. The lowest BCUT2D eigenvalue weighted by atomic mass is 10.0. The minimum Gasteiger partial charge on any atom is -0.377 e. The van der Waals surface area contributed by atoms with Crippen LogP contribution in [0.3, 0.4) is 0 Å². The summed E-state index contributed by atoms with van der Waals surface area (Å²) in [4.78, 5) is 58.8. The second kappa shape index (κ2) is 26.7. The highest BCUT2D eigenvalue weighted by Gasteiger charge is 2.33. The normalized spacial score (nSPS) is 11.9. The number of hydrogen-bond donors (Lipinski definition) is 6. The first kappa shape index (κ1) is 57.4. The first-order valence-electron chi connectivity index (χ1n) is 28.1. The van der Waals surface area contributed by atoms with E-state index >= 15 is 0 Å².